The zero-order valence-corrected chi connectivity index (χ0v) is 11.8. The summed E-state index contributed by atoms with van der Waals surface area (Å²) in [6.07, 6.45) is 6.62. The van der Waals surface area contributed by atoms with Gasteiger partial charge in [0.15, 0.2) is 5.12 Å². The summed E-state index contributed by atoms with van der Waals surface area (Å²) in [5.74, 6) is 0.0927. The molecule has 0 spiro atoms. The van der Waals surface area contributed by atoms with Crippen LogP contribution in [0.1, 0.15) is 38.5 Å². The number of piperazine rings is 1. The number of thioether (sulfide) groups is 1. The Morgan fingerprint density at radius 2 is 1.84 bits per heavy atom. The Balaban J connectivity index is 1.78. The van der Waals surface area contributed by atoms with E-state index in [2.05, 4.69) is 10.6 Å². The molecule has 1 aliphatic carbocycles. The van der Waals surface area contributed by atoms with Crippen molar-refractivity contribution in [2.24, 2.45) is 5.92 Å². The third kappa shape index (κ3) is 4.23. The van der Waals surface area contributed by atoms with Gasteiger partial charge in [0.2, 0.25) is 11.8 Å². The van der Waals surface area contributed by atoms with Gasteiger partial charge < -0.3 is 10.6 Å². The van der Waals surface area contributed by atoms with E-state index in [1.807, 2.05) is 0 Å². The van der Waals surface area contributed by atoms with E-state index < -0.39 is 6.04 Å². The fraction of sp³-hybridized carbons (Fsp3) is 0.769. The maximum atomic E-state index is 12.1. The molecule has 0 aromatic heterocycles. The summed E-state index contributed by atoms with van der Waals surface area (Å²) in [4.78, 5) is 34.8. The average Bonchev–Trinajstić information content (AvgIpc) is 2.68. The van der Waals surface area contributed by atoms with E-state index >= 15 is 0 Å². The molecule has 0 bridgehead atoms. The molecule has 1 saturated carbocycles. The van der Waals surface area contributed by atoms with Crippen LogP contribution in [0.2, 0.25) is 0 Å². The fourth-order valence-electron chi connectivity index (χ4n) is 2.52. The normalized spacial score (nSPS) is 25.4. The van der Waals surface area contributed by atoms with E-state index in [0.29, 0.717) is 5.75 Å². The molecule has 2 rings (SSSR count). The van der Waals surface area contributed by atoms with Crippen LogP contribution >= 0.6 is 11.8 Å². The largest absolute Gasteiger partial charge is 0.345 e. The second kappa shape index (κ2) is 6.93. The van der Waals surface area contributed by atoms with E-state index in [1.54, 1.807) is 0 Å². The highest BCUT2D eigenvalue weighted by Crippen LogP contribution is 2.27. The lowest BCUT2D eigenvalue weighted by Gasteiger charge is -2.23. The Kier molecular flexibility index (Phi) is 5.24. The van der Waals surface area contributed by atoms with Gasteiger partial charge in [-0.15, -0.1) is 0 Å². The van der Waals surface area contributed by atoms with Crippen molar-refractivity contribution in [1.82, 2.24) is 10.6 Å². The number of hydrogen-bond acceptors (Lipinski definition) is 4. The maximum absolute atomic E-state index is 12.1. The van der Waals surface area contributed by atoms with Crippen LogP contribution < -0.4 is 10.6 Å². The Labute approximate surface area is 117 Å². The molecule has 6 heteroatoms. The summed E-state index contributed by atoms with van der Waals surface area (Å²) in [5.41, 5.74) is 0. The van der Waals surface area contributed by atoms with Gasteiger partial charge in [0.1, 0.15) is 6.04 Å². The van der Waals surface area contributed by atoms with Crippen molar-refractivity contribution in [3.05, 3.63) is 0 Å². The van der Waals surface area contributed by atoms with E-state index in [4.69, 9.17) is 0 Å². The number of nitrogens with one attached hydrogen (secondary N) is 2. The number of carbonyl (C=O) groups excluding carboxylic acids is 3. The van der Waals surface area contributed by atoms with E-state index in [9.17, 15) is 14.4 Å². The minimum atomic E-state index is -0.569. The molecule has 0 aromatic carbocycles. The van der Waals surface area contributed by atoms with Crippen molar-refractivity contribution in [3.8, 4) is 0 Å². The summed E-state index contributed by atoms with van der Waals surface area (Å²) in [7, 11) is 0. The Hall–Kier alpha value is -1.04. The van der Waals surface area contributed by atoms with Crippen LogP contribution in [0.3, 0.4) is 0 Å². The van der Waals surface area contributed by atoms with Gasteiger partial charge in [0.05, 0.1) is 6.54 Å². The molecule has 5 nitrogen and oxygen atoms in total. The highest BCUT2D eigenvalue weighted by Gasteiger charge is 2.28. The topological polar surface area (TPSA) is 75.3 Å². The Morgan fingerprint density at radius 3 is 2.53 bits per heavy atom. The lowest BCUT2D eigenvalue weighted by Crippen LogP contribution is -2.57. The maximum Gasteiger partial charge on any atom is 0.243 e. The molecule has 19 heavy (non-hydrogen) atoms. The molecule has 1 unspecified atom stereocenters. The fourth-order valence-corrected chi connectivity index (χ4v) is 3.55. The molecular formula is C13H20N2O3S. The predicted molar refractivity (Wildman–Crippen MR) is 73.6 cm³/mol. The van der Waals surface area contributed by atoms with Crippen molar-refractivity contribution in [1.29, 1.82) is 0 Å². The van der Waals surface area contributed by atoms with Crippen LogP contribution in [0.5, 0.6) is 0 Å². The first-order chi connectivity index (χ1) is 9.16. The molecular weight excluding hydrogens is 264 g/mol. The van der Waals surface area contributed by atoms with Crippen LogP contribution in [-0.4, -0.2) is 35.3 Å². The second-order valence-corrected chi connectivity index (χ2v) is 6.18. The molecule has 1 heterocycles. The number of rotatable bonds is 3. The van der Waals surface area contributed by atoms with Gasteiger partial charge in [-0.3, -0.25) is 14.4 Å². The van der Waals surface area contributed by atoms with Gasteiger partial charge in [-0.2, -0.15) is 0 Å². The second-order valence-electron chi connectivity index (χ2n) is 5.16. The van der Waals surface area contributed by atoms with Crippen molar-refractivity contribution >= 4 is 28.7 Å². The molecule has 0 radical (unpaired) electrons. The molecule has 1 aliphatic heterocycles. The first kappa shape index (κ1) is 14.4. The van der Waals surface area contributed by atoms with E-state index in [0.717, 1.165) is 25.7 Å². The molecule has 106 valence electrons. The predicted octanol–water partition coefficient (Wildman–Crippen LogP) is 0.831. The number of carbonyl (C=O) groups is 3. The first-order valence-corrected chi connectivity index (χ1v) is 7.89. The van der Waals surface area contributed by atoms with Gasteiger partial charge in [-0.05, 0) is 12.8 Å². The third-order valence-corrected chi connectivity index (χ3v) is 4.77. The molecule has 2 fully saturated rings. The lowest BCUT2D eigenvalue weighted by molar-refractivity contribution is -0.133. The lowest BCUT2D eigenvalue weighted by atomic mass is 10.0. The summed E-state index contributed by atoms with van der Waals surface area (Å²) < 4.78 is 0. The van der Waals surface area contributed by atoms with Crippen molar-refractivity contribution in [2.45, 2.75) is 44.6 Å². The van der Waals surface area contributed by atoms with Crippen LogP contribution in [0, 0.1) is 5.92 Å². The van der Waals surface area contributed by atoms with Gasteiger partial charge in [-0.1, -0.05) is 37.4 Å². The Bertz CT molecular complexity index is 365. The summed E-state index contributed by atoms with van der Waals surface area (Å²) >= 11 is 1.19. The molecule has 2 N–H and O–H groups in total. The SMILES string of the molecule is O=C1CNC(=O)C(CSC(=O)C2CCCCCC2)N1. The summed E-state index contributed by atoms with van der Waals surface area (Å²) in [6.45, 7) is 0.0383. The van der Waals surface area contributed by atoms with Gasteiger partial charge in [0, 0.05) is 11.7 Å². The van der Waals surface area contributed by atoms with E-state index in [1.165, 1.54) is 24.6 Å². The smallest absolute Gasteiger partial charge is 0.243 e. The van der Waals surface area contributed by atoms with Gasteiger partial charge in [0.25, 0.3) is 0 Å². The first-order valence-electron chi connectivity index (χ1n) is 6.90. The minimum Gasteiger partial charge on any atom is -0.345 e. The monoisotopic (exact) mass is 284 g/mol. The summed E-state index contributed by atoms with van der Waals surface area (Å²) in [6, 6.07) is -0.569. The zero-order chi connectivity index (χ0) is 13.7. The third-order valence-electron chi connectivity index (χ3n) is 3.66. The van der Waals surface area contributed by atoms with Crippen LogP contribution in [0.25, 0.3) is 0 Å². The van der Waals surface area contributed by atoms with Crippen LogP contribution in [0.15, 0.2) is 0 Å². The molecule has 0 aromatic rings. The minimum absolute atomic E-state index is 0.0383. The van der Waals surface area contributed by atoms with Gasteiger partial charge >= 0.3 is 0 Å². The highest BCUT2D eigenvalue weighted by molar-refractivity contribution is 8.13. The van der Waals surface area contributed by atoms with Gasteiger partial charge in [-0.25, -0.2) is 0 Å². The molecule has 1 atom stereocenters. The number of hydrogen-bond donors (Lipinski definition) is 2. The van der Waals surface area contributed by atoms with E-state index in [-0.39, 0.29) is 29.4 Å². The standard InChI is InChI=1S/C13H20N2O3S/c16-11-7-14-12(17)10(15-11)8-19-13(18)9-5-3-1-2-4-6-9/h9-10H,1-8H2,(H,14,17)(H,15,16). The zero-order valence-electron chi connectivity index (χ0n) is 10.9. The molecule has 2 amide bonds. The highest BCUT2D eigenvalue weighted by atomic mass is 32.2. The number of amides is 2. The van der Waals surface area contributed by atoms with Crippen molar-refractivity contribution in [2.75, 3.05) is 12.3 Å². The summed E-state index contributed by atoms with van der Waals surface area (Å²) in [5, 5.41) is 5.31. The molecule has 2 aliphatic rings. The molecule has 1 saturated heterocycles. The quantitative estimate of drug-likeness (QED) is 0.753. The Morgan fingerprint density at radius 1 is 1.16 bits per heavy atom. The van der Waals surface area contributed by atoms with Crippen molar-refractivity contribution < 1.29 is 14.4 Å². The van der Waals surface area contributed by atoms with Crippen LogP contribution in [0.4, 0.5) is 0 Å². The van der Waals surface area contributed by atoms with Crippen LogP contribution in [-0.2, 0) is 14.4 Å². The average molecular weight is 284 g/mol. The van der Waals surface area contributed by atoms with Crippen molar-refractivity contribution in [3.63, 3.8) is 0 Å².